The minimum absolute atomic E-state index is 0.0299. The van der Waals surface area contributed by atoms with Gasteiger partial charge < -0.3 is 15.1 Å². The molecule has 7 heteroatoms. The van der Waals surface area contributed by atoms with Crippen molar-refractivity contribution < 1.29 is 4.79 Å². The molecule has 0 saturated carbocycles. The van der Waals surface area contributed by atoms with Crippen LogP contribution in [-0.4, -0.2) is 66.7 Å². The van der Waals surface area contributed by atoms with E-state index in [0.29, 0.717) is 16.7 Å². The Kier molecular flexibility index (Phi) is 6.00. The molecule has 0 spiro atoms. The van der Waals surface area contributed by atoms with E-state index >= 15 is 0 Å². The number of anilines is 1. The summed E-state index contributed by atoms with van der Waals surface area (Å²) in [5.41, 5.74) is 0. The Labute approximate surface area is 112 Å². The normalized spacial score (nSPS) is 10.7. The minimum Gasteiger partial charge on any atom is -0.363 e. The largest absolute Gasteiger partial charge is 0.363 e. The van der Waals surface area contributed by atoms with E-state index in [0.717, 1.165) is 19.5 Å². The first-order valence-electron chi connectivity index (χ1n) is 6.03. The molecular formula is C11H21N5OS. The summed E-state index contributed by atoms with van der Waals surface area (Å²) in [6, 6.07) is 0. The van der Waals surface area contributed by atoms with E-state index in [2.05, 4.69) is 27.3 Å². The molecule has 0 unspecified atom stereocenters. The topological polar surface area (TPSA) is 61.4 Å². The van der Waals surface area contributed by atoms with Crippen molar-refractivity contribution in [1.82, 2.24) is 20.0 Å². The third-order valence-corrected chi connectivity index (χ3v) is 3.35. The van der Waals surface area contributed by atoms with Gasteiger partial charge in [-0.1, -0.05) is 18.3 Å². The van der Waals surface area contributed by atoms with E-state index in [9.17, 15) is 4.79 Å². The molecule has 1 amide bonds. The van der Waals surface area contributed by atoms with Crippen molar-refractivity contribution in [2.75, 3.05) is 46.1 Å². The molecule has 0 saturated heterocycles. The van der Waals surface area contributed by atoms with Crippen molar-refractivity contribution >= 4 is 22.4 Å². The molecule has 102 valence electrons. The van der Waals surface area contributed by atoms with E-state index in [4.69, 9.17) is 0 Å². The van der Waals surface area contributed by atoms with Crippen LogP contribution in [0.3, 0.4) is 0 Å². The summed E-state index contributed by atoms with van der Waals surface area (Å²) >= 11 is 1.29. The highest BCUT2D eigenvalue weighted by atomic mass is 32.1. The van der Waals surface area contributed by atoms with E-state index < -0.39 is 0 Å². The number of nitrogens with zero attached hydrogens (tertiary/aromatic N) is 4. The lowest BCUT2D eigenvalue weighted by Gasteiger charge is -2.22. The molecule has 1 rings (SSSR count). The fraction of sp³-hybridized carbons (Fsp3) is 0.727. The molecule has 0 aromatic carbocycles. The Bertz CT molecular complexity index is 379. The fourth-order valence-corrected chi connectivity index (χ4v) is 2.12. The van der Waals surface area contributed by atoms with E-state index in [1.54, 1.807) is 7.05 Å². The maximum absolute atomic E-state index is 12.3. The van der Waals surface area contributed by atoms with Crippen LogP contribution in [0, 0.1) is 0 Å². The van der Waals surface area contributed by atoms with E-state index in [-0.39, 0.29) is 5.91 Å². The van der Waals surface area contributed by atoms with Gasteiger partial charge in [0.05, 0.1) is 0 Å². The van der Waals surface area contributed by atoms with Crippen LogP contribution in [-0.2, 0) is 0 Å². The second-order valence-corrected chi connectivity index (χ2v) is 5.24. The number of likely N-dealkylation sites (N-methyl/N-ethyl adjacent to an activating group) is 1. The molecule has 0 radical (unpaired) electrons. The van der Waals surface area contributed by atoms with Crippen molar-refractivity contribution in [2.24, 2.45) is 0 Å². The van der Waals surface area contributed by atoms with Gasteiger partial charge in [0.1, 0.15) is 0 Å². The van der Waals surface area contributed by atoms with Crippen molar-refractivity contribution in [3.63, 3.8) is 0 Å². The van der Waals surface area contributed by atoms with Crippen LogP contribution in [0.15, 0.2) is 0 Å². The summed E-state index contributed by atoms with van der Waals surface area (Å²) < 4.78 is 0. The standard InChI is InChI=1S/C11H21N5OS/c1-5-6-16(8-7-15(3)4)10(17)9-13-14-11(12-2)18-9/h5-8H2,1-4H3,(H,12,14). The molecule has 1 aromatic rings. The molecule has 1 heterocycles. The number of carbonyl (C=O) groups is 1. The first-order valence-corrected chi connectivity index (χ1v) is 6.85. The van der Waals surface area contributed by atoms with Gasteiger partial charge in [-0.15, -0.1) is 10.2 Å². The van der Waals surface area contributed by atoms with Crippen molar-refractivity contribution in [3.8, 4) is 0 Å². The predicted octanol–water partition coefficient (Wildman–Crippen LogP) is 0.994. The molecule has 0 atom stereocenters. The number of aromatic nitrogens is 2. The first kappa shape index (κ1) is 14.8. The number of amides is 1. The molecule has 6 nitrogen and oxygen atoms in total. The van der Waals surface area contributed by atoms with Gasteiger partial charge in [0.15, 0.2) is 0 Å². The van der Waals surface area contributed by atoms with Gasteiger partial charge in [-0.25, -0.2) is 0 Å². The van der Waals surface area contributed by atoms with Crippen LogP contribution in [0.25, 0.3) is 0 Å². The monoisotopic (exact) mass is 271 g/mol. The van der Waals surface area contributed by atoms with Gasteiger partial charge in [0, 0.05) is 26.7 Å². The van der Waals surface area contributed by atoms with Crippen LogP contribution < -0.4 is 5.32 Å². The summed E-state index contributed by atoms with van der Waals surface area (Å²) in [7, 11) is 5.77. The Morgan fingerprint density at radius 2 is 2.00 bits per heavy atom. The van der Waals surface area contributed by atoms with Gasteiger partial charge in [-0.05, 0) is 20.5 Å². The second kappa shape index (κ2) is 7.27. The highest BCUT2D eigenvalue weighted by Crippen LogP contribution is 2.16. The molecule has 1 N–H and O–H groups in total. The smallest absolute Gasteiger partial charge is 0.284 e. The molecule has 0 aliphatic carbocycles. The van der Waals surface area contributed by atoms with E-state index in [1.165, 1.54) is 11.3 Å². The van der Waals surface area contributed by atoms with Gasteiger partial charge >= 0.3 is 0 Å². The van der Waals surface area contributed by atoms with Gasteiger partial charge in [0.25, 0.3) is 5.91 Å². The maximum atomic E-state index is 12.3. The van der Waals surface area contributed by atoms with Crippen molar-refractivity contribution in [3.05, 3.63) is 5.01 Å². The summed E-state index contributed by atoms with van der Waals surface area (Å²) in [4.78, 5) is 16.2. The second-order valence-electron chi connectivity index (χ2n) is 4.26. The Morgan fingerprint density at radius 3 is 2.50 bits per heavy atom. The third-order valence-electron chi connectivity index (χ3n) is 2.42. The summed E-state index contributed by atoms with van der Waals surface area (Å²) in [6.45, 7) is 4.38. The van der Waals surface area contributed by atoms with Gasteiger partial charge in [0.2, 0.25) is 10.1 Å². The lowest BCUT2D eigenvalue weighted by molar-refractivity contribution is 0.0743. The van der Waals surface area contributed by atoms with Crippen LogP contribution >= 0.6 is 11.3 Å². The number of hydrogen-bond acceptors (Lipinski definition) is 6. The number of nitrogens with one attached hydrogen (secondary N) is 1. The fourth-order valence-electron chi connectivity index (χ4n) is 1.45. The lowest BCUT2D eigenvalue weighted by Crippen LogP contribution is -2.37. The summed E-state index contributed by atoms with van der Waals surface area (Å²) in [5, 5.41) is 11.8. The van der Waals surface area contributed by atoms with Crippen LogP contribution in [0.2, 0.25) is 0 Å². The average Bonchev–Trinajstić information content (AvgIpc) is 2.82. The third kappa shape index (κ3) is 4.23. The maximum Gasteiger partial charge on any atom is 0.284 e. The summed E-state index contributed by atoms with van der Waals surface area (Å²) in [6.07, 6.45) is 0.941. The predicted molar refractivity (Wildman–Crippen MR) is 74.2 cm³/mol. The zero-order chi connectivity index (χ0) is 13.5. The van der Waals surface area contributed by atoms with Gasteiger partial charge in [-0.2, -0.15) is 0 Å². The molecule has 18 heavy (non-hydrogen) atoms. The molecule has 0 fully saturated rings. The molecule has 0 aliphatic heterocycles. The Hall–Kier alpha value is -1.21. The number of hydrogen-bond donors (Lipinski definition) is 1. The zero-order valence-electron chi connectivity index (χ0n) is 11.4. The molecular weight excluding hydrogens is 250 g/mol. The Morgan fingerprint density at radius 1 is 1.28 bits per heavy atom. The molecule has 0 bridgehead atoms. The van der Waals surface area contributed by atoms with Crippen molar-refractivity contribution in [2.45, 2.75) is 13.3 Å². The van der Waals surface area contributed by atoms with Gasteiger partial charge in [-0.3, -0.25) is 4.79 Å². The van der Waals surface area contributed by atoms with E-state index in [1.807, 2.05) is 19.0 Å². The Balaban J connectivity index is 2.68. The lowest BCUT2D eigenvalue weighted by atomic mass is 10.3. The number of carbonyl (C=O) groups excluding carboxylic acids is 1. The minimum atomic E-state index is -0.0299. The number of rotatable bonds is 7. The molecule has 1 aromatic heterocycles. The van der Waals surface area contributed by atoms with Crippen LogP contribution in [0.5, 0.6) is 0 Å². The zero-order valence-corrected chi connectivity index (χ0v) is 12.3. The quantitative estimate of drug-likeness (QED) is 0.801. The van der Waals surface area contributed by atoms with Crippen LogP contribution in [0.1, 0.15) is 23.1 Å². The SMILES string of the molecule is CCCN(CCN(C)C)C(=O)c1nnc(NC)s1. The molecule has 0 aliphatic rings. The highest BCUT2D eigenvalue weighted by molar-refractivity contribution is 7.17. The summed E-state index contributed by atoms with van der Waals surface area (Å²) in [5.74, 6) is -0.0299. The highest BCUT2D eigenvalue weighted by Gasteiger charge is 2.19. The van der Waals surface area contributed by atoms with Crippen LogP contribution in [0.4, 0.5) is 5.13 Å². The van der Waals surface area contributed by atoms with Crippen molar-refractivity contribution in [1.29, 1.82) is 0 Å². The average molecular weight is 271 g/mol. The first-order chi connectivity index (χ1) is 8.58.